The lowest BCUT2D eigenvalue weighted by Gasteiger charge is -2.59. The molecule has 2 aliphatic heterocycles. The Bertz CT molecular complexity index is 649. The summed E-state index contributed by atoms with van der Waals surface area (Å²) in [6, 6.07) is 0.513. The molecule has 1 saturated carbocycles. The molecule has 0 amide bonds. The van der Waals surface area contributed by atoms with Crippen molar-refractivity contribution in [3.05, 3.63) is 35.8 Å². The normalized spacial score (nSPS) is 48.3. The standard InChI is InChI=1S/C18H21NO3/c1-19-8-7-18-11-4-5-13(20)17(18)22-16-14(21-2)6-3-10(15(16)18)9-12(11)19/h3-6,10-12,15,17H,7-9H2,1-2H3/t10?,11-,12+,15-,17-,18-/m0/s1. The number of ether oxygens (including phenoxy) is 2. The molecule has 2 bridgehead atoms. The number of rotatable bonds is 1. The van der Waals surface area contributed by atoms with Gasteiger partial charge >= 0.3 is 0 Å². The highest BCUT2D eigenvalue weighted by Crippen LogP contribution is 2.66. The van der Waals surface area contributed by atoms with Gasteiger partial charge in [-0.2, -0.15) is 0 Å². The van der Waals surface area contributed by atoms with Crippen LogP contribution in [0.15, 0.2) is 35.8 Å². The highest BCUT2D eigenvalue weighted by Gasteiger charge is 2.69. The summed E-state index contributed by atoms with van der Waals surface area (Å²) < 4.78 is 11.8. The van der Waals surface area contributed by atoms with Gasteiger partial charge in [-0.25, -0.2) is 0 Å². The van der Waals surface area contributed by atoms with Crippen LogP contribution in [0.4, 0.5) is 0 Å². The first-order valence-electron chi connectivity index (χ1n) is 8.22. The van der Waals surface area contributed by atoms with Crippen molar-refractivity contribution in [1.82, 2.24) is 4.90 Å². The molecule has 3 aliphatic carbocycles. The third-order valence-corrected chi connectivity index (χ3v) is 6.72. The summed E-state index contributed by atoms with van der Waals surface area (Å²) in [7, 11) is 3.91. The molecule has 0 aromatic carbocycles. The summed E-state index contributed by atoms with van der Waals surface area (Å²) in [5.74, 6) is 3.07. The lowest BCUT2D eigenvalue weighted by molar-refractivity contribution is -0.140. The number of hydrogen-bond acceptors (Lipinski definition) is 4. The van der Waals surface area contributed by atoms with Crippen LogP contribution in [0.2, 0.25) is 0 Å². The number of ketones is 1. The largest absolute Gasteiger partial charge is 0.493 e. The van der Waals surface area contributed by atoms with Crippen LogP contribution >= 0.6 is 0 Å². The predicted octanol–water partition coefficient (Wildman–Crippen LogP) is 1.89. The number of carbonyl (C=O) groups excluding carboxylic acids is 1. The fourth-order valence-electron chi connectivity index (χ4n) is 5.83. The van der Waals surface area contributed by atoms with Crippen LogP contribution in [-0.2, 0) is 14.3 Å². The van der Waals surface area contributed by atoms with Gasteiger partial charge in [0.2, 0.25) is 0 Å². The van der Waals surface area contributed by atoms with Gasteiger partial charge in [0.15, 0.2) is 17.6 Å². The van der Waals surface area contributed by atoms with Gasteiger partial charge in [-0.05, 0) is 44.5 Å². The molecule has 2 saturated heterocycles. The molecule has 6 atom stereocenters. The van der Waals surface area contributed by atoms with E-state index in [4.69, 9.17) is 9.47 Å². The summed E-state index contributed by atoms with van der Waals surface area (Å²) in [6.07, 6.45) is 10.1. The Morgan fingerprint density at radius 3 is 3.05 bits per heavy atom. The molecule has 0 aromatic heterocycles. The second-order valence-corrected chi connectivity index (χ2v) is 7.36. The minimum Gasteiger partial charge on any atom is -0.493 e. The van der Waals surface area contributed by atoms with E-state index in [9.17, 15) is 4.79 Å². The van der Waals surface area contributed by atoms with Gasteiger partial charge in [-0.15, -0.1) is 0 Å². The van der Waals surface area contributed by atoms with Crippen molar-refractivity contribution in [3.8, 4) is 0 Å². The molecule has 4 nitrogen and oxygen atoms in total. The maximum Gasteiger partial charge on any atom is 0.196 e. The molecule has 3 fully saturated rings. The van der Waals surface area contributed by atoms with Crippen molar-refractivity contribution in [3.63, 3.8) is 0 Å². The first-order chi connectivity index (χ1) is 10.7. The molecule has 0 radical (unpaired) electrons. The lowest BCUT2D eigenvalue weighted by atomic mass is 9.48. The van der Waals surface area contributed by atoms with Crippen molar-refractivity contribution in [2.24, 2.45) is 23.2 Å². The van der Waals surface area contributed by atoms with Crippen molar-refractivity contribution < 1.29 is 14.3 Å². The van der Waals surface area contributed by atoms with Gasteiger partial charge in [0.05, 0.1) is 7.11 Å². The minimum absolute atomic E-state index is 0.0597. The van der Waals surface area contributed by atoms with E-state index in [1.165, 1.54) is 0 Å². The number of methoxy groups -OCH3 is 1. The zero-order valence-corrected chi connectivity index (χ0v) is 13.0. The number of piperidine rings is 1. The molecular weight excluding hydrogens is 278 g/mol. The van der Waals surface area contributed by atoms with Crippen molar-refractivity contribution in [2.75, 3.05) is 20.7 Å². The molecular formula is C18H21NO3. The van der Waals surface area contributed by atoms with E-state index in [0.29, 0.717) is 23.8 Å². The Kier molecular flexibility index (Phi) is 2.38. The molecule has 5 aliphatic rings. The highest BCUT2D eigenvalue weighted by atomic mass is 16.5. The first-order valence-corrected chi connectivity index (χ1v) is 8.22. The third kappa shape index (κ3) is 1.27. The van der Waals surface area contributed by atoms with Gasteiger partial charge < -0.3 is 14.4 Å². The number of likely N-dealkylation sites (tertiary alicyclic amines) is 1. The average molecular weight is 299 g/mol. The molecule has 22 heavy (non-hydrogen) atoms. The first kappa shape index (κ1) is 12.9. The van der Waals surface area contributed by atoms with Crippen LogP contribution in [0.25, 0.3) is 0 Å². The van der Waals surface area contributed by atoms with Gasteiger partial charge in [0.1, 0.15) is 5.76 Å². The molecule has 116 valence electrons. The van der Waals surface area contributed by atoms with Gasteiger partial charge in [-0.1, -0.05) is 12.2 Å². The number of allylic oxidation sites excluding steroid dienone is 3. The lowest BCUT2D eigenvalue weighted by Crippen LogP contribution is -2.64. The highest BCUT2D eigenvalue weighted by molar-refractivity contribution is 5.96. The maximum atomic E-state index is 12.6. The zero-order chi connectivity index (χ0) is 15.1. The van der Waals surface area contributed by atoms with Gasteiger partial charge in [0, 0.05) is 23.3 Å². The summed E-state index contributed by atoms with van der Waals surface area (Å²) in [5.41, 5.74) is -0.0597. The van der Waals surface area contributed by atoms with E-state index in [1.807, 2.05) is 6.08 Å². The van der Waals surface area contributed by atoms with Crippen LogP contribution in [-0.4, -0.2) is 43.5 Å². The fourth-order valence-corrected chi connectivity index (χ4v) is 5.83. The van der Waals surface area contributed by atoms with E-state index in [0.717, 1.165) is 30.9 Å². The maximum absolute atomic E-state index is 12.6. The Morgan fingerprint density at radius 1 is 1.36 bits per heavy atom. The minimum atomic E-state index is -0.313. The smallest absolute Gasteiger partial charge is 0.196 e. The average Bonchev–Trinajstić information content (AvgIpc) is 2.88. The summed E-state index contributed by atoms with van der Waals surface area (Å²) in [5, 5.41) is 0. The number of carbonyl (C=O) groups is 1. The zero-order valence-electron chi connectivity index (χ0n) is 13.0. The monoisotopic (exact) mass is 299 g/mol. The van der Waals surface area contributed by atoms with Crippen molar-refractivity contribution in [2.45, 2.75) is 25.0 Å². The van der Waals surface area contributed by atoms with Crippen LogP contribution in [0.1, 0.15) is 12.8 Å². The molecule has 1 spiro atoms. The third-order valence-electron chi connectivity index (χ3n) is 6.72. The topological polar surface area (TPSA) is 38.8 Å². The molecule has 0 aromatic rings. The number of nitrogens with zero attached hydrogens (tertiary/aromatic N) is 1. The Balaban J connectivity index is 1.75. The quantitative estimate of drug-likeness (QED) is 0.741. The number of hydrogen-bond donors (Lipinski definition) is 0. The van der Waals surface area contributed by atoms with Crippen LogP contribution in [0.3, 0.4) is 0 Å². The fraction of sp³-hybridized carbons (Fsp3) is 0.611. The Hall–Kier alpha value is -1.55. The SMILES string of the molecule is COC1=C2O[C@H]3C(=O)C=C[C@H]4[C@H]5CC(C=C1)[C@@H]2[C@@]34CCN5C. The summed E-state index contributed by atoms with van der Waals surface area (Å²) >= 11 is 0. The second kappa shape index (κ2) is 4.05. The van der Waals surface area contributed by atoms with Crippen LogP contribution in [0, 0.1) is 23.2 Å². The van der Waals surface area contributed by atoms with E-state index in [2.05, 4.69) is 24.1 Å². The predicted molar refractivity (Wildman–Crippen MR) is 80.8 cm³/mol. The molecule has 0 N–H and O–H groups in total. The van der Waals surface area contributed by atoms with E-state index >= 15 is 0 Å². The van der Waals surface area contributed by atoms with Crippen molar-refractivity contribution in [1.29, 1.82) is 0 Å². The summed E-state index contributed by atoms with van der Waals surface area (Å²) in [6.45, 7) is 1.05. The van der Waals surface area contributed by atoms with Gasteiger partial charge in [-0.3, -0.25) is 4.79 Å². The summed E-state index contributed by atoms with van der Waals surface area (Å²) in [4.78, 5) is 15.0. The van der Waals surface area contributed by atoms with E-state index in [-0.39, 0.29) is 17.3 Å². The van der Waals surface area contributed by atoms with Gasteiger partial charge in [0.25, 0.3) is 0 Å². The van der Waals surface area contributed by atoms with E-state index in [1.54, 1.807) is 13.2 Å². The van der Waals surface area contributed by atoms with E-state index < -0.39 is 0 Å². The Labute approximate surface area is 130 Å². The van der Waals surface area contributed by atoms with Crippen LogP contribution in [0.5, 0.6) is 0 Å². The second-order valence-electron chi connectivity index (χ2n) is 7.36. The van der Waals surface area contributed by atoms with Crippen LogP contribution < -0.4 is 0 Å². The molecule has 1 unspecified atom stereocenters. The van der Waals surface area contributed by atoms with Crippen molar-refractivity contribution >= 4 is 5.78 Å². The molecule has 4 heteroatoms. The molecule has 2 heterocycles. The molecule has 5 rings (SSSR count). The Morgan fingerprint density at radius 2 is 2.23 bits per heavy atom.